The van der Waals surface area contributed by atoms with Crippen LogP contribution in [0.1, 0.15) is 20.3 Å². The third kappa shape index (κ3) is 4.18. The third-order valence-electron chi connectivity index (χ3n) is 3.55. The Labute approximate surface area is 114 Å². The van der Waals surface area contributed by atoms with Crippen molar-refractivity contribution < 1.29 is 19.1 Å². The number of hydrogen-bond acceptors (Lipinski definition) is 4. The fourth-order valence-electron chi connectivity index (χ4n) is 2.13. The molecule has 19 heavy (non-hydrogen) atoms. The van der Waals surface area contributed by atoms with E-state index >= 15 is 0 Å². The van der Waals surface area contributed by atoms with Crippen LogP contribution in [0.25, 0.3) is 0 Å². The summed E-state index contributed by atoms with van der Waals surface area (Å²) in [5, 5.41) is 2.77. The van der Waals surface area contributed by atoms with Crippen molar-refractivity contribution in [2.24, 2.45) is 5.92 Å². The van der Waals surface area contributed by atoms with E-state index in [1.165, 1.54) is 0 Å². The fraction of sp³-hybridized carbons (Fsp3) is 0.846. The quantitative estimate of drug-likeness (QED) is 0.709. The summed E-state index contributed by atoms with van der Waals surface area (Å²) in [5.74, 6) is -0.0213. The van der Waals surface area contributed by atoms with E-state index in [0.717, 1.165) is 6.42 Å². The first-order chi connectivity index (χ1) is 9.03. The van der Waals surface area contributed by atoms with Crippen LogP contribution >= 0.6 is 0 Å². The van der Waals surface area contributed by atoms with Gasteiger partial charge in [0.2, 0.25) is 11.8 Å². The molecule has 0 aromatic heterocycles. The van der Waals surface area contributed by atoms with E-state index in [4.69, 9.17) is 9.47 Å². The number of carbonyl (C=O) groups excluding carboxylic acids is 2. The van der Waals surface area contributed by atoms with Crippen molar-refractivity contribution in [2.75, 3.05) is 33.9 Å². The van der Waals surface area contributed by atoms with E-state index in [2.05, 4.69) is 5.32 Å². The molecule has 3 atom stereocenters. The maximum Gasteiger partial charge on any atom is 0.245 e. The van der Waals surface area contributed by atoms with Crippen molar-refractivity contribution in [2.45, 2.75) is 32.4 Å². The molecule has 2 amide bonds. The highest BCUT2D eigenvalue weighted by molar-refractivity contribution is 5.95. The molecule has 0 radical (unpaired) electrons. The van der Waals surface area contributed by atoms with Gasteiger partial charge in [0.15, 0.2) is 0 Å². The Bertz CT molecular complexity index is 322. The monoisotopic (exact) mass is 272 g/mol. The lowest BCUT2D eigenvalue weighted by molar-refractivity contribution is -0.147. The van der Waals surface area contributed by atoms with Gasteiger partial charge in [-0.15, -0.1) is 0 Å². The summed E-state index contributed by atoms with van der Waals surface area (Å²) in [6.07, 6.45) is 0.633. The molecule has 1 N–H and O–H groups in total. The number of rotatable bonds is 7. The molecule has 0 bridgehead atoms. The molecule has 1 aliphatic heterocycles. The van der Waals surface area contributed by atoms with Gasteiger partial charge in [-0.25, -0.2) is 0 Å². The van der Waals surface area contributed by atoms with E-state index in [1.54, 1.807) is 19.1 Å². The Morgan fingerprint density at radius 1 is 1.42 bits per heavy atom. The highest BCUT2D eigenvalue weighted by atomic mass is 16.5. The minimum absolute atomic E-state index is 0.0351. The minimum atomic E-state index is -0.425. The maximum atomic E-state index is 12.3. The van der Waals surface area contributed by atoms with Crippen LogP contribution in [-0.2, 0) is 19.1 Å². The van der Waals surface area contributed by atoms with E-state index in [9.17, 15) is 9.59 Å². The van der Waals surface area contributed by atoms with E-state index in [1.807, 2.05) is 13.8 Å². The van der Waals surface area contributed by atoms with Gasteiger partial charge in [0.25, 0.3) is 0 Å². The summed E-state index contributed by atoms with van der Waals surface area (Å²) in [6.45, 7) is 4.84. The van der Waals surface area contributed by atoms with Crippen molar-refractivity contribution in [3.63, 3.8) is 0 Å². The zero-order valence-corrected chi connectivity index (χ0v) is 12.1. The Morgan fingerprint density at radius 2 is 2.11 bits per heavy atom. The molecule has 1 rings (SSSR count). The first kappa shape index (κ1) is 15.9. The highest BCUT2D eigenvalue weighted by Gasteiger charge is 2.36. The summed E-state index contributed by atoms with van der Waals surface area (Å²) < 4.78 is 10.3. The minimum Gasteiger partial charge on any atom is -0.382 e. The smallest absolute Gasteiger partial charge is 0.245 e. The Kier molecular flexibility index (Phi) is 6.24. The topological polar surface area (TPSA) is 67.9 Å². The number of carbonyl (C=O) groups is 2. The van der Waals surface area contributed by atoms with Gasteiger partial charge < -0.3 is 19.7 Å². The zero-order chi connectivity index (χ0) is 14.4. The molecule has 1 aliphatic rings. The van der Waals surface area contributed by atoms with Gasteiger partial charge in [-0.2, -0.15) is 0 Å². The fourth-order valence-corrected chi connectivity index (χ4v) is 2.13. The Balaban J connectivity index is 2.71. The van der Waals surface area contributed by atoms with Crippen LogP contribution in [0.4, 0.5) is 0 Å². The first-order valence-electron chi connectivity index (χ1n) is 6.63. The van der Waals surface area contributed by atoms with Crippen LogP contribution in [0.2, 0.25) is 0 Å². The zero-order valence-electron chi connectivity index (χ0n) is 12.1. The largest absolute Gasteiger partial charge is 0.382 e. The van der Waals surface area contributed by atoms with Crippen LogP contribution in [0.5, 0.6) is 0 Å². The van der Waals surface area contributed by atoms with E-state index < -0.39 is 6.04 Å². The summed E-state index contributed by atoms with van der Waals surface area (Å²) in [5.41, 5.74) is 0. The van der Waals surface area contributed by atoms with Crippen LogP contribution in [0.15, 0.2) is 0 Å². The molecule has 1 fully saturated rings. The third-order valence-corrected chi connectivity index (χ3v) is 3.55. The van der Waals surface area contributed by atoms with Crippen molar-refractivity contribution >= 4 is 11.8 Å². The van der Waals surface area contributed by atoms with Crippen LogP contribution < -0.4 is 5.32 Å². The second kappa shape index (κ2) is 7.45. The van der Waals surface area contributed by atoms with Gasteiger partial charge in [0.05, 0.1) is 19.3 Å². The van der Waals surface area contributed by atoms with Gasteiger partial charge in [0.1, 0.15) is 6.04 Å². The summed E-state index contributed by atoms with van der Waals surface area (Å²) in [4.78, 5) is 25.6. The standard InChI is InChI=1S/C13H24N2O4/c1-5-9(2)12-13(17)15(7-11(16)14-12)6-10(19-4)8-18-3/h9-10,12H,5-8H2,1-4H3,(H,14,16). The van der Waals surface area contributed by atoms with Crippen LogP contribution in [0, 0.1) is 5.92 Å². The molecular formula is C13H24N2O4. The number of hydrogen-bond donors (Lipinski definition) is 1. The second-order valence-corrected chi connectivity index (χ2v) is 4.96. The SMILES string of the molecule is CCC(C)C1NC(=O)CN(CC(COC)OC)C1=O. The van der Waals surface area contributed by atoms with Crippen molar-refractivity contribution in [1.82, 2.24) is 10.2 Å². The lowest BCUT2D eigenvalue weighted by atomic mass is 9.96. The van der Waals surface area contributed by atoms with Crippen molar-refractivity contribution in [3.8, 4) is 0 Å². The number of amides is 2. The molecular weight excluding hydrogens is 248 g/mol. The molecule has 0 spiro atoms. The van der Waals surface area contributed by atoms with Gasteiger partial charge in [-0.1, -0.05) is 20.3 Å². The second-order valence-electron chi connectivity index (χ2n) is 4.96. The number of nitrogens with zero attached hydrogens (tertiary/aromatic N) is 1. The number of methoxy groups -OCH3 is 2. The van der Waals surface area contributed by atoms with Crippen LogP contribution in [0.3, 0.4) is 0 Å². The molecule has 0 aromatic rings. The molecule has 0 aromatic carbocycles. The molecule has 0 aliphatic carbocycles. The molecule has 0 saturated carbocycles. The number of ether oxygens (including phenoxy) is 2. The number of piperazine rings is 1. The van der Waals surface area contributed by atoms with Gasteiger partial charge in [-0.3, -0.25) is 9.59 Å². The maximum absolute atomic E-state index is 12.3. The molecule has 1 saturated heterocycles. The molecule has 6 heteroatoms. The van der Waals surface area contributed by atoms with Gasteiger partial charge >= 0.3 is 0 Å². The van der Waals surface area contributed by atoms with Crippen molar-refractivity contribution in [1.29, 1.82) is 0 Å². The molecule has 1 heterocycles. The summed E-state index contributed by atoms with van der Waals surface area (Å²) in [6, 6.07) is -0.425. The van der Waals surface area contributed by atoms with Gasteiger partial charge in [-0.05, 0) is 5.92 Å². The Hall–Kier alpha value is -1.14. The lowest BCUT2D eigenvalue weighted by Crippen LogP contribution is -2.61. The predicted octanol–water partition coefficient (Wildman–Crippen LogP) is 0.0209. The number of nitrogens with one attached hydrogen (secondary N) is 1. The van der Waals surface area contributed by atoms with Gasteiger partial charge in [0, 0.05) is 20.8 Å². The average molecular weight is 272 g/mol. The lowest BCUT2D eigenvalue weighted by Gasteiger charge is -2.36. The first-order valence-corrected chi connectivity index (χ1v) is 6.63. The van der Waals surface area contributed by atoms with E-state index in [0.29, 0.717) is 13.2 Å². The van der Waals surface area contributed by atoms with Crippen LogP contribution in [-0.4, -0.2) is 62.8 Å². The Morgan fingerprint density at radius 3 is 2.63 bits per heavy atom. The highest BCUT2D eigenvalue weighted by Crippen LogP contribution is 2.15. The van der Waals surface area contributed by atoms with E-state index in [-0.39, 0.29) is 30.4 Å². The average Bonchev–Trinajstić information content (AvgIpc) is 2.40. The summed E-state index contributed by atoms with van der Waals surface area (Å²) in [7, 11) is 3.16. The molecule has 3 unspecified atom stereocenters. The van der Waals surface area contributed by atoms with Crippen molar-refractivity contribution in [3.05, 3.63) is 0 Å². The molecule has 6 nitrogen and oxygen atoms in total. The molecule has 110 valence electrons. The normalized spacial score (nSPS) is 23.2. The summed E-state index contributed by atoms with van der Waals surface area (Å²) >= 11 is 0. The predicted molar refractivity (Wildman–Crippen MR) is 70.6 cm³/mol.